The second-order valence-corrected chi connectivity index (χ2v) is 4.07. The zero-order chi connectivity index (χ0) is 10.1. The molecule has 2 aromatic rings. The molecule has 0 saturated heterocycles. The van der Waals surface area contributed by atoms with E-state index in [0.717, 1.165) is 27.4 Å². The summed E-state index contributed by atoms with van der Waals surface area (Å²) in [5.74, 6) is 0.806. The zero-order valence-electron chi connectivity index (χ0n) is 7.89. The molecule has 0 atom stereocenters. The third kappa shape index (κ3) is 1.35. The molecule has 0 bridgehead atoms. The first-order chi connectivity index (χ1) is 6.72. The molecule has 5 heteroatoms. The number of hydrogen-bond donors (Lipinski definition) is 0. The lowest BCUT2D eigenvalue weighted by molar-refractivity contribution is 0.112. The Balaban J connectivity index is 2.56. The van der Waals surface area contributed by atoms with Gasteiger partial charge >= 0.3 is 0 Å². The summed E-state index contributed by atoms with van der Waals surface area (Å²) >= 11 is 1.44. The van der Waals surface area contributed by atoms with Gasteiger partial charge in [0.2, 0.25) is 0 Å². The Labute approximate surface area is 85.2 Å². The molecule has 0 amide bonds. The summed E-state index contributed by atoms with van der Waals surface area (Å²) in [6, 6.07) is 1.86. The maximum atomic E-state index is 10.6. The highest BCUT2D eigenvalue weighted by atomic mass is 32.1. The van der Waals surface area contributed by atoms with Gasteiger partial charge in [0.1, 0.15) is 6.33 Å². The molecule has 0 N–H and O–H groups in total. The van der Waals surface area contributed by atoms with E-state index in [2.05, 4.69) is 10.1 Å². The van der Waals surface area contributed by atoms with E-state index < -0.39 is 0 Å². The Bertz CT molecular complexity index is 472. The molecule has 0 aliphatic carbocycles. The normalized spacial score (nSPS) is 10.4. The summed E-state index contributed by atoms with van der Waals surface area (Å²) in [7, 11) is 1.84. The van der Waals surface area contributed by atoms with Crippen molar-refractivity contribution in [1.29, 1.82) is 0 Å². The molecule has 0 radical (unpaired) electrons. The molecule has 2 rings (SSSR count). The maximum absolute atomic E-state index is 10.6. The van der Waals surface area contributed by atoms with Gasteiger partial charge in [0.05, 0.1) is 9.75 Å². The number of rotatable bonds is 2. The highest BCUT2D eigenvalue weighted by molar-refractivity contribution is 7.17. The van der Waals surface area contributed by atoms with Crippen molar-refractivity contribution in [3.63, 3.8) is 0 Å². The SMILES string of the molecule is Cc1cc(C=O)sc1-c1ncnn1C. The Morgan fingerprint density at radius 2 is 2.36 bits per heavy atom. The van der Waals surface area contributed by atoms with Crippen LogP contribution in [0.15, 0.2) is 12.4 Å². The highest BCUT2D eigenvalue weighted by Crippen LogP contribution is 2.29. The van der Waals surface area contributed by atoms with Crippen LogP contribution in [0.2, 0.25) is 0 Å². The summed E-state index contributed by atoms with van der Waals surface area (Å²) in [4.78, 5) is 16.5. The third-order valence-corrected chi connectivity index (χ3v) is 3.13. The second kappa shape index (κ2) is 3.34. The average Bonchev–Trinajstić information content (AvgIpc) is 2.72. The predicted octanol–water partition coefficient (Wildman–Crippen LogP) is 1.66. The van der Waals surface area contributed by atoms with Gasteiger partial charge in [0.25, 0.3) is 0 Å². The van der Waals surface area contributed by atoms with Gasteiger partial charge < -0.3 is 0 Å². The highest BCUT2D eigenvalue weighted by Gasteiger charge is 2.11. The molecule has 4 nitrogen and oxygen atoms in total. The lowest BCUT2D eigenvalue weighted by atomic mass is 10.2. The lowest BCUT2D eigenvalue weighted by Gasteiger charge is -1.96. The fourth-order valence-corrected chi connectivity index (χ4v) is 2.30. The molecule has 0 spiro atoms. The number of aryl methyl sites for hydroxylation is 2. The standard InChI is InChI=1S/C9H9N3OS/c1-6-3-7(4-13)14-8(6)9-10-5-11-12(9)2/h3-5H,1-2H3. The molecular formula is C9H9N3OS. The van der Waals surface area contributed by atoms with Crippen molar-refractivity contribution < 1.29 is 4.79 Å². The van der Waals surface area contributed by atoms with E-state index in [1.165, 1.54) is 17.7 Å². The molecule has 0 aliphatic heterocycles. The van der Waals surface area contributed by atoms with E-state index in [1.807, 2.05) is 20.0 Å². The molecule has 0 aromatic carbocycles. The third-order valence-electron chi connectivity index (χ3n) is 1.97. The number of carbonyl (C=O) groups excluding carboxylic acids is 1. The van der Waals surface area contributed by atoms with Gasteiger partial charge in [-0.05, 0) is 18.6 Å². The van der Waals surface area contributed by atoms with Crippen LogP contribution in [0.25, 0.3) is 10.7 Å². The van der Waals surface area contributed by atoms with Gasteiger partial charge in [-0.25, -0.2) is 9.67 Å². The van der Waals surface area contributed by atoms with Gasteiger partial charge in [-0.3, -0.25) is 4.79 Å². The minimum absolute atomic E-state index is 0.723. The van der Waals surface area contributed by atoms with Crippen molar-refractivity contribution in [1.82, 2.24) is 14.8 Å². The van der Waals surface area contributed by atoms with E-state index >= 15 is 0 Å². The fraction of sp³-hybridized carbons (Fsp3) is 0.222. The van der Waals surface area contributed by atoms with Crippen LogP contribution in [-0.2, 0) is 7.05 Å². The van der Waals surface area contributed by atoms with Gasteiger partial charge in [0.15, 0.2) is 12.1 Å². The molecular weight excluding hydrogens is 198 g/mol. The molecule has 0 unspecified atom stereocenters. The summed E-state index contributed by atoms with van der Waals surface area (Å²) < 4.78 is 1.70. The zero-order valence-corrected chi connectivity index (χ0v) is 8.71. The van der Waals surface area contributed by atoms with Crippen molar-refractivity contribution in [2.24, 2.45) is 7.05 Å². The summed E-state index contributed by atoms with van der Waals surface area (Å²) in [6.45, 7) is 1.97. The van der Waals surface area contributed by atoms with Crippen molar-refractivity contribution in [2.75, 3.05) is 0 Å². The predicted molar refractivity (Wildman–Crippen MR) is 54.4 cm³/mol. The monoisotopic (exact) mass is 207 g/mol. The maximum Gasteiger partial charge on any atom is 0.168 e. The number of hydrogen-bond acceptors (Lipinski definition) is 4. The topological polar surface area (TPSA) is 47.8 Å². The van der Waals surface area contributed by atoms with Crippen molar-refractivity contribution in [2.45, 2.75) is 6.92 Å². The van der Waals surface area contributed by atoms with Gasteiger partial charge in [0, 0.05) is 7.05 Å². The molecule has 2 aromatic heterocycles. The minimum Gasteiger partial charge on any atom is -0.297 e. The first-order valence-corrected chi connectivity index (χ1v) is 4.94. The van der Waals surface area contributed by atoms with E-state index in [0.29, 0.717) is 0 Å². The molecule has 0 fully saturated rings. The van der Waals surface area contributed by atoms with Gasteiger partial charge in [-0.2, -0.15) is 5.10 Å². The Morgan fingerprint density at radius 3 is 2.86 bits per heavy atom. The van der Waals surface area contributed by atoms with E-state index in [1.54, 1.807) is 4.68 Å². The second-order valence-electron chi connectivity index (χ2n) is 2.99. The Kier molecular flexibility index (Phi) is 2.17. The lowest BCUT2D eigenvalue weighted by Crippen LogP contribution is -1.93. The van der Waals surface area contributed by atoms with Gasteiger partial charge in [-0.15, -0.1) is 11.3 Å². The van der Waals surface area contributed by atoms with Crippen LogP contribution in [-0.4, -0.2) is 21.1 Å². The molecule has 14 heavy (non-hydrogen) atoms. The smallest absolute Gasteiger partial charge is 0.168 e. The summed E-state index contributed by atoms with van der Waals surface area (Å²) in [6.07, 6.45) is 2.37. The first kappa shape index (κ1) is 9.08. The van der Waals surface area contributed by atoms with E-state index in [-0.39, 0.29) is 0 Å². The van der Waals surface area contributed by atoms with Crippen LogP contribution in [0, 0.1) is 6.92 Å². The van der Waals surface area contributed by atoms with Crippen molar-refractivity contribution >= 4 is 17.6 Å². The number of aldehydes is 1. The largest absolute Gasteiger partial charge is 0.297 e. The van der Waals surface area contributed by atoms with Crippen molar-refractivity contribution in [3.8, 4) is 10.7 Å². The number of nitrogens with zero attached hydrogens (tertiary/aromatic N) is 3. The minimum atomic E-state index is 0.723. The molecule has 0 aliphatic rings. The summed E-state index contributed by atoms with van der Waals surface area (Å²) in [5.41, 5.74) is 1.06. The number of thiophene rings is 1. The average molecular weight is 207 g/mol. The van der Waals surface area contributed by atoms with Crippen LogP contribution in [0.3, 0.4) is 0 Å². The van der Waals surface area contributed by atoms with Crippen LogP contribution in [0.4, 0.5) is 0 Å². The summed E-state index contributed by atoms with van der Waals surface area (Å²) in [5, 5.41) is 3.99. The van der Waals surface area contributed by atoms with Crippen LogP contribution >= 0.6 is 11.3 Å². The number of carbonyl (C=O) groups is 1. The van der Waals surface area contributed by atoms with Gasteiger partial charge in [-0.1, -0.05) is 0 Å². The van der Waals surface area contributed by atoms with Crippen LogP contribution < -0.4 is 0 Å². The van der Waals surface area contributed by atoms with E-state index in [4.69, 9.17) is 0 Å². The molecule has 2 heterocycles. The van der Waals surface area contributed by atoms with E-state index in [9.17, 15) is 4.79 Å². The first-order valence-electron chi connectivity index (χ1n) is 4.12. The van der Waals surface area contributed by atoms with Crippen LogP contribution in [0.1, 0.15) is 15.2 Å². The Hall–Kier alpha value is -1.49. The fourth-order valence-electron chi connectivity index (χ4n) is 1.29. The molecule has 72 valence electrons. The number of aromatic nitrogens is 3. The van der Waals surface area contributed by atoms with Crippen molar-refractivity contribution in [3.05, 3.63) is 22.8 Å². The molecule has 0 saturated carbocycles. The van der Waals surface area contributed by atoms with Crippen LogP contribution in [0.5, 0.6) is 0 Å². The Morgan fingerprint density at radius 1 is 1.57 bits per heavy atom. The quantitative estimate of drug-likeness (QED) is 0.704.